The Morgan fingerprint density at radius 2 is 0.424 bits per heavy atom. The molecule has 0 heteroatoms. The zero-order chi connectivity index (χ0) is 23.9. The Morgan fingerprint density at radius 3 is 0.697 bits per heavy atom. The summed E-state index contributed by atoms with van der Waals surface area (Å²) >= 11 is 0. The highest BCUT2D eigenvalue weighted by atomic mass is 14.0. The van der Waals surface area contributed by atoms with Crippen LogP contribution < -0.4 is 0 Å². The van der Waals surface area contributed by atoms with Crippen LogP contribution in [0.25, 0.3) is 0 Å². The average molecular weight is 464 g/mol. The van der Waals surface area contributed by atoms with Crippen molar-refractivity contribution in [2.24, 2.45) is 0 Å². The number of hydrogen-bond donors (Lipinski definition) is 0. The van der Waals surface area contributed by atoms with E-state index in [4.69, 9.17) is 0 Å². The molecule has 0 aliphatic carbocycles. The van der Waals surface area contributed by atoms with Gasteiger partial charge in [-0.1, -0.05) is 206 Å². The van der Waals surface area contributed by atoms with E-state index in [1.807, 2.05) is 0 Å². The molecule has 0 spiro atoms. The van der Waals surface area contributed by atoms with Crippen LogP contribution in [0.2, 0.25) is 0 Å². The standard InChI is InChI=1S/C33H67/c1-3-5-7-9-11-13-15-17-19-21-23-25-27-29-31-33-32-30-28-26-24-22-20-18-16-14-12-10-8-6-4-2/h11H,3-10,12-33H2,1-2H3. The van der Waals surface area contributed by atoms with Gasteiger partial charge in [0.1, 0.15) is 0 Å². The highest BCUT2D eigenvalue weighted by Crippen LogP contribution is 2.16. The van der Waals surface area contributed by atoms with E-state index in [0.717, 1.165) is 0 Å². The zero-order valence-electron chi connectivity index (χ0n) is 23.8. The summed E-state index contributed by atoms with van der Waals surface area (Å²) in [6, 6.07) is 0. The van der Waals surface area contributed by atoms with Gasteiger partial charge in [0.2, 0.25) is 0 Å². The van der Waals surface area contributed by atoms with Gasteiger partial charge in [-0.3, -0.25) is 0 Å². The van der Waals surface area contributed by atoms with Crippen LogP contribution in [0.15, 0.2) is 0 Å². The molecule has 0 atom stereocenters. The van der Waals surface area contributed by atoms with Crippen molar-refractivity contribution in [3.05, 3.63) is 6.42 Å². The van der Waals surface area contributed by atoms with E-state index < -0.39 is 0 Å². The average Bonchev–Trinajstić information content (AvgIpc) is 2.83. The molecule has 1 radical (unpaired) electrons. The van der Waals surface area contributed by atoms with E-state index in [1.165, 1.54) is 193 Å². The van der Waals surface area contributed by atoms with Crippen LogP contribution in [0, 0.1) is 6.42 Å². The molecule has 0 saturated heterocycles. The molecule has 0 bridgehead atoms. The second-order valence-electron chi connectivity index (χ2n) is 11.1. The molecule has 0 aromatic heterocycles. The van der Waals surface area contributed by atoms with Gasteiger partial charge in [-0.05, 0) is 6.42 Å². The summed E-state index contributed by atoms with van der Waals surface area (Å²) in [5.41, 5.74) is 0. The van der Waals surface area contributed by atoms with Gasteiger partial charge in [0.25, 0.3) is 0 Å². The topological polar surface area (TPSA) is 0 Å². The maximum absolute atomic E-state index is 2.54. The molecule has 199 valence electrons. The minimum atomic E-state index is 1.35. The van der Waals surface area contributed by atoms with Crippen LogP contribution in [-0.4, -0.2) is 0 Å². The van der Waals surface area contributed by atoms with E-state index in [0.29, 0.717) is 0 Å². The van der Waals surface area contributed by atoms with Crippen molar-refractivity contribution in [3.63, 3.8) is 0 Å². The third-order valence-electron chi connectivity index (χ3n) is 7.52. The van der Waals surface area contributed by atoms with Crippen molar-refractivity contribution in [3.8, 4) is 0 Å². The summed E-state index contributed by atoms with van der Waals surface area (Å²) in [5.74, 6) is 0. The first-order valence-electron chi connectivity index (χ1n) is 16.2. The first-order chi connectivity index (χ1) is 16.4. The normalized spacial score (nSPS) is 11.5. The largest absolute Gasteiger partial charge is 0.0654 e. The lowest BCUT2D eigenvalue weighted by Gasteiger charge is -2.04. The van der Waals surface area contributed by atoms with Gasteiger partial charge in [-0.25, -0.2) is 0 Å². The van der Waals surface area contributed by atoms with Gasteiger partial charge < -0.3 is 0 Å². The van der Waals surface area contributed by atoms with Crippen molar-refractivity contribution in [1.29, 1.82) is 0 Å². The SMILES string of the molecule is CCCCC[CH]CCCCCCCCCCCCCCCCCCCCCCCCCCC. The Balaban J connectivity index is 2.99. The van der Waals surface area contributed by atoms with Gasteiger partial charge in [0, 0.05) is 0 Å². The van der Waals surface area contributed by atoms with Crippen LogP contribution in [-0.2, 0) is 0 Å². The fraction of sp³-hybridized carbons (Fsp3) is 0.970. The molecule has 0 heterocycles. The quantitative estimate of drug-likeness (QED) is 0.0929. The van der Waals surface area contributed by atoms with Crippen LogP contribution in [0.3, 0.4) is 0 Å². The third-order valence-corrected chi connectivity index (χ3v) is 7.52. The maximum Gasteiger partial charge on any atom is -0.0386 e. The van der Waals surface area contributed by atoms with Crippen molar-refractivity contribution in [1.82, 2.24) is 0 Å². The van der Waals surface area contributed by atoms with E-state index >= 15 is 0 Å². The molecule has 0 unspecified atom stereocenters. The fourth-order valence-electron chi connectivity index (χ4n) is 5.11. The first-order valence-corrected chi connectivity index (χ1v) is 16.2. The van der Waals surface area contributed by atoms with E-state index in [9.17, 15) is 0 Å². The summed E-state index contributed by atoms with van der Waals surface area (Å²) in [7, 11) is 0. The van der Waals surface area contributed by atoms with Crippen LogP contribution in [0.5, 0.6) is 0 Å². The van der Waals surface area contributed by atoms with E-state index in [1.54, 1.807) is 0 Å². The molecule has 0 N–H and O–H groups in total. The monoisotopic (exact) mass is 464 g/mol. The van der Waals surface area contributed by atoms with Crippen molar-refractivity contribution in [2.45, 2.75) is 206 Å². The van der Waals surface area contributed by atoms with E-state index in [-0.39, 0.29) is 0 Å². The Labute approximate surface area is 212 Å². The smallest absolute Gasteiger partial charge is 0.0386 e. The summed E-state index contributed by atoms with van der Waals surface area (Å²) in [6.07, 6.45) is 46.4. The zero-order valence-corrected chi connectivity index (χ0v) is 23.8. The molecular weight excluding hydrogens is 396 g/mol. The molecule has 0 amide bonds. The fourth-order valence-corrected chi connectivity index (χ4v) is 5.11. The van der Waals surface area contributed by atoms with Crippen LogP contribution in [0.4, 0.5) is 0 Å². The predicted octanol–water partition coefficient (Wildman–Crippen LogP) is 12.9. The molecule has 0 fully saturated rings. The maximum atomic E-state index is 2.54. The summed E-state index contributed by atoms with van der Waals surface area (Å²) in [4.78, 5) is 0. The predicted molar refractivity (Wildman–Crippen MR) is 154 cm³/mol. The molecule has 0 saturated carbocycles. The Hall–Kier alpha value is 0. The van der Waals surface area contributed by atoms with Crippen molar-refractivity contribution in [2.75, 3.05) is 0 Å². The number of unbranched alkanes of at least 4 members (excludes halogenated alkanes) is 30. The molecule has 0 rings (SSSR count). The minimum Gasteiger partial charge on any atom is -0.0654 e. The summed E-state index contributed by atoms with van der Waals surface area (Å²) < 4.78 is 0. The second-order valence-corrected chi connectivity index (χ2v) is 11.1. The van der Waals surface area contributed by atoms with Crippen molar-refractivity contribution < 1.29 is 0 Å². The van der Waals surface area contributed by atoms with Crippen LogP contribution in [0.1, 0.15) is 206 Å². The van der Waals surface area contributed by atoms with Gasteiger partial charge in [0.05, 0.1) is 0 Å². The molecular formula is C33H67. The molecule has 0 aliphatic rings. The van der Waals surface area contributed by atoms with Gasteiger partial charge >= 0.3 is 0 Å². The number of rotatable bonds is 30. The lowest BCUT2D eigenvalue weighted by molar-refractivity contribution is 0.516. The highest BCUT2D eigenvalue weighted by Gasteiger charge is 1.96. The minimum absolute atomic E-state index is 1.35. The highest BCUT2D eigenvalue weighted by molar-refractivity contribution is 4.64. The lowest BCUT2D eigenvalue weighted by Crippen LogP contribution is -1.85. The molecule has 33 heavy (non-hydrogen) atoms. The van der Waals surface area contributed by atoms with Gasteiger partial charge in [-0.15, -0.1) is 0 Å². The van der Waals surface area contributed by atoms with Gasteiger partial charge in [0.15, 0.2) is 0 Å². The second kappa shape index (κ2) is 32.0. The third kappa shape index (κ3) is 32.0. The van der Waals surface area contributed by atoms with E-state index in [2.05, 4.69) is 20.3 Å². The molecule has 0 nitrogen and oxygen atoms in total. The Bertz CT molecular complexity index is 277. The Morgan fingerprint density at radius 1 is 0.242 bits per heavy atom. The summed E-state index contributed by atoms with van der Waals surface area (Å²) in [5, 5.41) is 0. The lowest BCUT2D eigenvalue weighted by atomic mass is 10.0. The molecule has 0 aromatic carbocycles. The first kappa shape index (κ1) is 33.0. The molecule has 0 aliphatic heterocycles. The van der Waals surface area contributed by atoms with Crippen LogP contribution >= 0.6 is 0 Å². The summed E-state index contributed by atoms with van der Waals surface area (Å²) in [6.45, 7) is 4.60. The number of hydrogen-bond acceptors (Lipinski definition) is 0. The Kier molecular flexibility index (Phi) is 32.0. The van der Waals surface area contributed by atoms with Gasteiger partial charge in [-0.2, -0.15) is 0 Å². The van der Waals surface area contributed by atoms with Crippen molar-refractivity contribution >= 4 is 0 Å². The molecule has 0 aromatic rings.